The Balaban J connectivity index is 1.72. The van der Waals surface area contributed by atoms with Crippen molar-refractivity contribution >= 4 is 0 Å². The maximum Gasteiger partial charge on any atom is 0.233 e. The molecule has 0 spiro atoms. The van der Waals surface area contributed by atoms with E-state index in [1.807, 2.05) is 67.7 Å². The average Bonchev–Trinajstić information content (AvgIpc) is 2.94. The lowest BCUT2D eigenvalue weighted by atomic mass is 9.89. The number of rotatable bonds is 6. The molecule has 1 saturated heterocycles. The first kappa shape index (κ1) is 16.6. The van der Waals surface area contributed by atoms with Gasteiger partial charge in [0.05, 0.1) is 25.7 Å². The maximum atomic E-state index is 11.5. The maximum absolute atomic E-state index is 11.5. The third-order valence-electron chi connectivity index (χ3n) is 4.73. The lowest BCUT2D eigenvalue weighted by Gasteiger charge is -2.24. The highest BCUT2D eigenvalue weighted by Gasteiger charge is 2.47. The molecule has 1 heterocycles. The average molecular weight is 326 g/mol. The molecule has 0 aliphatic carbocycles. The minimum atomic E-state index is -0.595. The predicted molar refractivity (Wildman–Crippen MR) is 92.5 cm³/mol. The molecule has 0 amide bonds. The van der Waals surface area contributed by atoms with Crippen molar-refractivity contribution in [1.29, 1.82) is 0 Å². The zero-order chi connectivity index (χ0) is 16.9. The summed E-state index contributed by atoms with van der Waals surface area (Å²) in [6, 6.07) is 19.2. The SMILES string of the molecule is CN1C[C@H]([N+](=O)[O-])C(c2ccccc2)[C@H]1COCc1ccccc1. The van der Waals surface area contributed by atoms with Gasteiger partial charge < -0.3 is 4.74 Å². The molecule has 0 aromatic heterocycles. The molecule has 0 bridgehead atoms. The zero-order valence-corrected chi connectivity index (χ0v) is 13.7. The fourth-order valence-corrected chi connectivity index (χ4v) is 3.49. The molecule has 126 valence electrons. The van der Waals surface area contributed by atoms with Crippen LogP contribution in [0.2, 0.25) is 0 Å². The Kier molecular flexibility index (Phi) is 5.23. The smallest absolute Gasteiger partial charge is 0.233 e. The van der Waals surface area contributed by atoms with E-state index < -0.39 is 6.04 Å². The van der Waals surface area contributed by atoms with Crippen LogP contribution in [0.15, 0.2) is 60.7 Å². The minimum Gasteiger partial charge on any atom is -0.375 e. The highest BCUT2D eigenvalue weighted by molar-refractivity contribution is 5.25. The van der Waals surface area contributed by atoms with Crippen molar-refractivity contribution in [3.8, 4) is 0 Å². The number of hydrogen-bond donors (Lipinski definition) is 0. The summed E-state index contributed by atoms with van der Waals surface area (Å²) >= 11 is 0. The molecule has 5 nitrogen and oxygen atoms in total. The number of nitrogens with zero attached hydrogens (tertiary/aromatic N) is 2. The minimum absolute atomic E-state index is 0.00603. The molecule has 0 radical (unpaired) electrons. The van der Waals surface area contributed by atoms with Gasteiger partial charge in [-0.1, -0.05) is 60.7 Å². The summed E-state index contributed by atoms with van der Waals surface area (Å²) in [5.74, 6) is -0.151. The zero-order valence-electron chi connectivity index (χ0n) is 13.7. The molecule has 1 fully saturated rings. The van der Waals surface area contributed by atoms with Gasteiger partial charge in [0, 0.05) is 11.0 Å². The molecular weight excluding hydrogens is 304 g/mol. The van der Waals surface area contributed by atoms with Crippen LogP contribution in [0.4, 0.5) is 0 Å². The van der Waals surface area contributed by atoms with Crippen molar-refractivity contribution in [2.45, 2.75) is 24.6 Å². The first-order valence-corrected chi connectivity index (χ1v) is 8.17. The predicted octanol–water partition coefficient (Wildman–Crippen LogP) is 2.95. The highest BCUT2D eigenvalue weighted by atomic mass is 16.6. The van der Waals surface area contributed by atoms with Gasteiger partial charge >= 0.3 is 0 Å². The fourth-order valence-electron chi connectivity index (χ4n) is 3.49. The molecule has 1 aliphatic rings. The second kappa shape index (κ2) is 7.55. The van der Waals surface area contributed by atoms with Crippen LogP contribution in [0.5, 0.6) is 0 Å². The van der Waals surface area contributed by atoms with Crippen LogP contribution < -0.4 is 0 Å². The van der Waals surface area contributed by atoms with Crippen molar-refractivity contribution < 1.29 is 9.66 Å². The molecule has 1 aliphatic heterocycles. The third kappa shape index (κ3) is 3.63. The van der Waals surface area contributed by atoms with Crippen molar-refractivity contribution in [2.24, 2.45) is 0 Å². The van der Waals surface area contributed by atoms with E-state index in [4.69, 9.17) is 4.74 Å². The fraction of sp³-hybridized carbons (Fsp3) is 0.368. The van der Waals surface area contributed by atoms with Gasteiger partial charge in [-0.25, -0.2) is 0 Å². The van der Waals surface area contributed by atoms with E-state index in [2.05, 4.69) is 4.90 Å². The van der Waals surface area contributed by atoms with E-state index in [0.29, 0.717) is 19.8 Å². The van der Waals surface area contributed by atoms with Crippen LogP contribution in [0.3, 0.4) is 0 Å². The summed E-state index contributed by atoms with van der Waals surface area (Å²) in [6.07, 6.45) is 0. The lowest BCUT2D eigenvalue weighted by Crippen LogP contribution is -2.34. The van der Waals surface area contributed by atoms with Crippen molar-refractivity contribution in [2.75, 3.05) is 20.2 Å². The molecular formula is C19H22N2O3. The molecule has 0 N–H and O–H groups in total. The Morgan fingerprint density at radius 2 is 1.75 bits per heavy atom. The Hall–Kier alpha value is -2.24. The summed E-state index contributed by atoms with van der Waals surface area (Å²) in [7, 11) is 1.94. The quantitative estimate of drug-likeness (QED) is 0.605. The van der Waals surface area contributed by atoms with Gasteiger partial charge in [0.2, 0.25) is 6.04 Å². The third-order valence-corrected chi connectivity index (χ3v) is 4.73. The second-order valence-electron chi connectivity index (χ2n) is 6.30. The topological polar surface area (TPSA) is 55.6 Å². The van der Waals surface area contributed by atoms with Crippen molar-refractivity contribution in [3.05, 3.63) is 81.9 Å². The molecule has 3 rings (SSSR count). The van der Waals surface area contributed by atoms with E-state index in [9.17, 15) is 10.1 Å². The van der Waals surface area contributed by atoms with Crippen LogP contribution in [0, 0.1) is 10.1 Å². The van der Waals surface area contributed by atoms with Crippen molar-refractivity contribution in [3.63, 3.8) is 0 Å². The molecule has 5 heteroatoms. The summed E-state index contributed by atoms with van der Waals surface area (Å²) in [6.45, 7) is 1.46. The summed E-state index contributed by atoms with van der Waals surface area (Å²) in [5.41, 5.74) is 2.12. The number of likely N-dealkylation sites (N-methyl/N-ethyl adjacent to an activating group) is 1. The number of ether oxygens (including phenoxy) is 1. The highest BCUT2D eigenvalue weighted by Crippen LogP contribution is 2.34. The van der Waals surface area contributed by atoms with Crippen LogP contribution in [0.25, 0.3) is 0 Å². The van der Waals surface area contributed by atoms with Crippen LogP contribution >= 0.6 is 0 Å². The molecule has 0 saturated carbocycles. The number of hydrogen-bond acceptors (Lipinski definition) is 4. The Morgan fingerprint density at radius 1 is 1.12 bits per heavy atom. The largest absolute Gasteiger partial charge is 0.375 e. The Morgan fingerprint density at radius 3 is 2.38 bits per heavy atom. The summed E-state index contributed by atoms with van der Waals surface area (Å²) in [5, 5.41) is 11.5. The van der Waals surface area contributed by atoms with E-state index in [-0.39, 0.29) is 16.9 Å². The molecule has 2 aromatic rings. The molecule has 3 atom stereocenters. The summed E-state index contributed by atoms with van der Waals surface area (Å²) < 4.78 is 5.89. The Labute approximate surface area is 142 Å². The van der Waals surface area contributed by atoms with E-state index in [1.165, 1.54) is 0 Å². The van der Waals surface area contributed by atoms with Gasteiger partial charge in [0.1, 0.15) is 0 Å². The van der Waals surface area contributed by atoms with E-state index >= 15 is 0 Å². The first-order valence-electron chi connectivity index (χ1n) is 8.17. The van der Waals surface area contributed by atoms with Crippen LogP contribution in [-0.2, 0) is 11.3 Å². The normalized spacial score (nSPS) is 24.1. The van der Waals surface area contributed by atoms with Crippen molar-refractivity contribution in [1.82, 2.24) is 4.90 Å². The lowest BCUT2D eigenvalue weighted by molar-refractivity contribution is -0.521. The molecule has 1 unspecified atom stereocenters. The molecule has 24 heavy (non-hydrogen) atoms. The van der Waals surface area contributed by atoms with Crippen LogP contribution in [-0.4, -0.2) is 42.1 Å². The first-order chi connectivity index (χ1) is 11.7. The number of likely N-dealkylation sites (tertiary alicyclic amines) is 1. The monoisotopic (exact) mass is 326 g/mol. The standard InChI is InChI=1S/C19H22N2O3/c1-20-12-17(21(22)23)19(16-10-6-3-7-11-16)18(20)14-24-13-15-8-4-2-5-9-15/h2-11,17-19H,12-14H2,1H3/t17-,18+,19?/m0/s1. The number of nitro groups is 1. The van der Waals surface area contributed by atoms with Gasteiger partial charge in [0.25, 0.3) is 0 Å². The van der Waals surface area contributed by atoms with E-state index in [0.717, 1.165) is 11.1 Å². The number of benzene rings is 2. The summed E-state index contributed by atoms with van der Waals surface area (Å²) in [4.78, 5) is 13.4. The van der Waals surface area contributed by atoms with E-state index in [1.54, 1.807) is 0 Å². The molecule has 2 aromatic carbocycles. The van der Waals surface area contributed by atoms with Crippen LogP contribution in [0.1, 0.15) is 17.0 Å². The van der Waals surface area contributed by atoms with Gasteiger partial charge in [-0.15, -0.1) is 0 Å². The Bertz CT molecular complexity index is 663. The van der Waals surface area contributed by atoms with Gasteiger partial charge in [0.15, 0.2) is 0 Å². The second-order valence-corrected chi connectivity index (χ2v) is 6.30. The van der Waals surface area contributed by atoms with Gasteiger partial charge in [-0.05, 0) is 18.2 Å². The van der Waals surface area contributed by atoms with Gasteiger partial charge in [-0.3, -0.25) is 15.0 Å². The van der Waals surface area contributed by atoms with Gasteiger partial charge in [-0.2, -0.15) is 0 Å².